The first-order valence-electron chi connectivity index (χ1n) is 9.04. The summed E-state index contributed by atoms with van der Waals surface area (Å²) in [5.41, 5.74) is 4.15. The molecular formula is C20H21N7O. The second-order valence-electron chi connectivity index (χ2n) is 6.55. The van der Waals surface area contributed by atoms with Gasteiger partial charge in [-0.25, -0.2) is 9.97 Å². The van der Waals surface area contributed by atoms with Crippen molar-refractivity contribution in [2.45, 2.75) is 13.8 Å². The van der Waals surface area contributed by atoms with Crippen molar-refractivity contribution in [3.63, 3.8) is 0 Å². The van der Waals surface area contributed by atoms with Gasteiger partial charge in [0, 0.05) is 54.4 Å². The fraction of sp³-hybridized carbons (Fsp3) is 0.200. The van der Waals surface area contributed by atoms with Crippen LogP contribution >= 0.6 is 0 Å². The van der Waals surface area contributed by atoms with E-state index in [0.29, 0.717) is 11.5 Å². The zero-order valence-corrected chi connectivity index (χ0v) is 15.9. The number of anilines is 2. The summed E-state index contributed by atoms with van der Waals surface area (Å²) in [6, 6.07) is 9.53. The number of pyridine rings is 2. The van der Waals surface area contributed by atoms with Gasteiger partial charge in [0.1, 0.15) is 11.6 Å². The molecule has 28 heavy (non-hydrogen) atoms. The fourth-order valence-corrected chi connectivity index (χ4v) is 2.98. The molecule has 0 aliphatic heterocycles. The number of aryl methyl sites for hydroxylation is 2. The van der Waals surface area contributed by atoms with Crippen LogP contribution in [-0.4, -0.2) is 37.2 Å². The average molecular weight is 375 g/mol. The van der Waals surface area contributed by atoms with Gasteiger partial charge in [-0.1, -0.05) is 0 Å². The maximum atomic E-state index is 12.4. The Bertz CT molecular complexity index is 1140. The highest BCUT2D eigenvalue weighted by molar-refractivity contribution is 6.03. The zero-order valence-electron chi connectivity index (χ0n) is 15.9. The molecule has 0 bridgehead atoms. The van der Waals surface area contributed by atoms with Gasteiger partial charge in [-0.05, 0) is 38.1 Å². The molecule has 1 amide bonds. The van der Waals surface area contributed by atoms with E-state index < -0.39 is 0 Å². The summed E-state index contributed by atoms with van der Waals surface area (Å²) in [4.78, 5) is 24.4. The van der Waals surface area contributed by atoms with Gasteiger partial charge >= 0.3 is 0 Å². The molecule has 0 saturated carbocycles. The van der Waals surface area contributed by atoms with Gasteiger partial charge in [-0.3, -0.25) is 9.48 Å². The Morgan fingerprint density at radius 3 is 2.79 bits per heavy atom. The van der Waals surface area contributed by atoms with Crippen LogP contribution in [0, 0.1) is 6.92 Å². The third kappa shape index (κ3) is 3.44. The van der Waals surface area contributed by atoms with Crippen LogP contribution in [0.1, 0.15) is 23.1 Å². The summed E-state index contributed by atoms with van der Waals surface area (Å²) in [7, 11) is 1.80. The number of amides is 1. The molecule has 0 aliphatic rings. The van der Waals surface area contributed by atoms with E-state index in [0.717, 1.165) is 40.2 Å². The third-order valence-corrected chi connectivity index (χ3v) is 4.52. The number of rotatable bonds is 5. The van der Waals surface area contributed by atoms with E-state index in [1.807, 2.05) is 38.1 Å². The molecule has 0 unspecified atom stereocenters. The van der Waals surface area contributed by atoms with Gasteiger partial charge in [-0.15, -0.1) is 0 Å². The topological polar surface area (TPSA) is 101 Å². The predicted molar refractivity (Wildman–Crippen MR) is 109 cm³/mol. The summed E-state index contributed by atoms with van der Waals surface area (Å²) in [6.07, 6.45) is 3.51. The molecule has 0 fully saturated rings. The van der Waals surface area contributed by atoms with Crippen molar-refractivity contribution in [1.29, 1.82) is 0 Å². The lowest BCUT2D eigenvalue weighted by atomic mass is 10.2. The maximum absolute atomic E-state index is 12.4. The minimum Gasteiger partial charge on any atom is -0.370 e. The van der Waals surface area contributed by atoms with Crippen LogP contribution in [0.2, 0.25) is 0 Å². The van der Waals surface area contributed by atoms with Gasteiger partial charge in [0.25, 0.3) is 5.91 Å². The molecule has 3 N–H and O–H groups in total. The van der Waals surface area contributed by atoms with E-state index in [-0.39, 0.29) is 5.91 Å². The van der Waals surface area contributed by atoms with Crippen LogP contribution in [0.3, 0.4) is 0 Å². The van der Waals surface area contributed by atoms with E-state index in [1.54, 1.807) is 30.2 Å². The van der Waals surface area contributed by atoms with Gasteiger partial charge in [0.05, 0.1) is 5.52 Å². The molecule has 4 aromatic rings. The number of carbonyl (C=O) groups is 1. The molecule has 0 spiro atoms. The predicted octanol–water partition coefficient (Wildman–Crippen LogP) is 3.35. The highest BCUT2D eigenvalue weighted by Gasteiger charge is 2.13. The van der Waals surface area contributed by atoms with Crippen LogP contribution in [0.4, 0.5) is 11.6 Å². The molecule has 0 saturated heterocycles. The Hall–Kier alpha value is -3.68. The Morgan fingerprint density at radius 2 is 2.04 bits per heavy atom. The van der Waals surface area contributed by atoms with Crippen LogP contribution in [-0.2, 0) is 7.05 Å². The third-order valence-electron chi connectivity index (χ3n) is 4.52. The molecular weight excluding hydrogens is 354 g/mol. The summed E-state index contributed by atoms with van der Waals surface area (Å²) < 4.78 is 1.67. The van der Waals surface area contributed by atoms with E-state index >= 15 is 0 Å². The Labute approximate surface area is 162 Å². The number of hydrogen-bond donors (Lipinski definition) is 3. The smallest absolute Gasteiger partial charge is 0.277 e. The van der Waals surface area contributed by atoms with E-state index in [4.69, 9.17) is 0 Å². The molecule has 0 aliphatic carbocycles. The normalized spacial score (nSPS) is 11.0. The summed E-state index contributed by atoms with van der Waals surface area (Å²) in [5.74, 6) is 1.01. The van der Waals surface area contributed by atoms with Gasteiger partial charge in [0.2, 0.25) is 0 Å². The second kappa shape index (κ2) is 7.15. The van der Waals surface area contributed by atoms with Crippen LogP contribution in [0.25, 0.3) is 22.2 Å². The van der Waals surface area contributed by atoms with Crippen molar-refractivity contribution < 1.29 is 4.79 Å². The first-order chi connectivity index (χ1) is 13.5. The lowest BCUT2D eigenvalue weighted by Crippen LogP contribution is -2.13. The summed E-state index contributed by atoms with van der Waals surface area (Å²) >= 11 is 0. The number of nitrogens with zero attached hydrogens (tertiary/aromatic N) is 4. The quantitative estimate of drug-likeness (QED) is 0.497. The van der Waals surface area contributed by atoms with Gasteiger partial charge < -0.3 is 15.6 Å². The number of nitrogens with one attached hydrogen (secondary N) is 3. The van der Waals surface area contributed by atoms with E-state index in [9.17, 15) is 4.79 Å². The Balaban J connectivity index is 1.59. The number of H-pyrrole nitrogens is 1. The highest BCUT2D eigenvalue weighted by Crippen LogP contribution is 2.26. The molecule has 4 aromatic heterocycles. The fourth-order valence-electron chi connectivity index (χ4n) is 2.98. The maximum Gasteiger partial charge on any atom is 0.277 e. The SMILES string of the molecule is CCNc1cc(-c2cc3cnc(NC(=O)c4cc(C)n(C)n4)cc3[nH]2)ccn1. The van der Waals surface area contributed by atoms with Crippen LogP contribution in [0.5, 0.6) is 0 Å². The standard InChI is InChI=1S/C20H21N7O/c1-4-21-18-9-13(5-6-22-18)15-8-14-11-23-19(10-16(14)24-15)25-20(28)17-7-12(2)27(3)26-17/h5-11,24H,4H2,1-3H3,(H,21,22)(H,23,25,28). The van der Waals surface area contributed by atoms with Gasteiger partial charge in [0.15, 0.2) is 5.69 Å². The largest absolute Gasteiger partial charge is 0.370 e. The van der Waals surface area contributed by atoms with E-state index in [2.05, 4.69) is 30.7 Å². The number of hydrogen-bond acceptors (Lipinski definition) is 5. The summed E-state index contributed by atoms with van der Waals surface area (Å²) in [6.45, 7) is 4.74. The molecule has 0 atom stereocenters. The van der Waals surface area contributed by atoms with Crippen molar-refractivity contribution in [2.75, 3.05) is 17.2 Å². The molecule has 8 nitrogen and oxygen atoms in total. The molecule has 142 valence electrons. The lowest BCUT2D eigenvalue weighted by molar-refractivity contribution is 0.102. The number of carbonyl (C=O) groups excluding carboxylic acids is 1. The summed E-state index contributed by atoms with van der Waals surface area (Å²) in [5, 5.41) is 11.2. The van der Waals surface area contributed by atoms with E-state index in [1.165, 1.54) is 0 Å². The van der Waals surface area contributed by atoms with Gasteiger partial charge in [-0.2, -0.15) is 5.10 Å². The Kier molecular flexibility index (Phi) is 4.52. The molecule has 4 rings (SSSR count). The highest BCUT2D eigenvalue weighted by atomic mass is 16.2. The zero-order chi connectivity index (χ0) is 19.7. The van der Waals surface area contributed by atoms with Crippen molar-refractivity contribution >= 4 is 28.4 Å². The minimum atomic E-state index is -0.285. The minimum absolute atomic E-state index is 0.285. The van der Waals surface area contributed by atoms with Crippen LogP contribution < -0.4 is 10.6 Å². The van der Waals surface area contributed by atoms with Crippen LogP contribution in [0.15, 0.2) is 42.7 Å². The number of aromatic amines is 1. The first kappa shape index (κ1) is 17.7. The lowest BCUT2D eigenvalue weighted by Gasteiger charge is -2.03. The molecule has 8 heteroatoms. The van der Waals surface area contributed by atoms with Crippen molar-refractivity contribution in [1.82, 2.24) is 24.7 Å². The van der Waals surface area contributed by atoms with Crippen molar-refractivity contribution in [2.24, 2.45) is 7.05 Å². The molecule has 0 radical (unpaired) electrons. The molecule has 4 heterocycles. The monoisotopic (exact) mass is 375 g/mol. The Morgan fingerprint density at radius 1 is 1.18 bits per heavy atom. The van der Waals surface area contributed by atoms with Crippen molar-refractivity contribution in [3.05, 3.63) is 54.1 Å². The second-order valence-corrected chi connectivity index (χ2v) is 6.55. The number of aromatic nitrogens is 5. The van der Waals surface area contributed by atoms with Crippen molar-refractivity contribution in [3.8, 4) is 11.3 Å². The average Bonchev–Trinajstić information content (AvgIpc) is 3.25. The first-order valence-corrected chi connectivity index (χ1v) is 9.04. The molecule has 0 aromatic carbocycles. The number of fused-ring (bicyclic) bond motifs is 1.